The summed E-state index contributed by atoms with van der Waals surface area (Å²) < 4.78 is 11.3. The summed E-state index contributed by atoms with van der Waals surface area (Å²) >= 11 is 0. The Morgan fingerprint density at radius 2 is 2.08 bits per heavy atom. The van der Waals surface area contributed by atoms with Gasteiger partial charge in [-0.3, -0.25) is 9.69 Å². The number of benzene rings is 1. The van der Waals surface area contributed by atoms with E-state index in [9.17, 15) is 4.79 Å². The SMILES string of the molecule is Cc1ccc(C(CNCc2cccc(C(N)=O)c2)N2CCOCC2)o1. The number of hydrogen-bond acceptors (Lipinski definition) is 5. The van der Waals surface area contributed by atoms with Gasteiger partial charge in [0.15, 0.2) is 0 Å². The van der Waals surface area contributed by atoms with E-state index in [1.807, 2.05) is 37.3 Å². The van der Waals surface area contributed by atoms with Crippen LogP contribution in [0.1, 0.15) is 33.5 Å². The Balaban J connectivity index is 1.64. The number of aryl methyl sites for hydroxylation is 1. The number of carbonyl (C=O) groups excluding carboxylic acids is 1. The molecular formula is C19H25N3O3. The van der Waals surface area contributed by atoms with E-state index in [1.165, 1.54) is 0 Å². The number of nitrogens with one attached hydrogen (secondary N) is 1. The molecule has 1 aliphatic heterocycles. The lowest BCUT2D eigenvalue weighted by atomic mass is 10.1. The standard InChI is InChI=1S/C19H25N3O3/c1-14-5-6-18(25-14)17(22-7-9-24-10-8-22)13-21-12-15-3-2-4-16(11-15)19(20)23/h2-6,11,17,21H,7-10,12-13H2,1H3,(H2,20,23). The van der Waals surface area contributed by atoms with Crippen molar-refractivity contribution in [3.63, 3.8) is 0 Å². The normalized spacial score (nSPS) is 16.7. The average molecular weight is 343 g/mol. The highest BCUT2D eigenvalue weighted by Crippen LogP contribution is 2.23. The van der Waals surface area contributed by atoms with E-state index in [1.54, 1.807) is 6.07 Å². The predicted molar refractivity (Wildman–Crippen MR) is 95.2 cm³/mol. The molecule has 0 aliphatic carbocycles. The molecule has 1 fully saturated rings. The molecule has 1 aromatic heterocycles. The predicted octanol–water partition coefficient (Wildman–Crippen LogP) is 1.85. The zero-order valence-corrected chi connectivity index (χ0v) is 14.5. The lowest BCUT2D eigenvalue weighted by Gasteiger charge is -2.33. The van der Waals surface area contributed by atoms with Crippen molar-refractivity contribution >= 4 is 5.91 Å². The largest absolute Gasteiger partial charge is 0.465 e. The van der Waals surface area contributed by atoms with Crippen LogP contribution in [0.15, 0.2) is 40.8 Å². The van der Waals surface area contributed by atoms with Gasteiger partial charge in [0.05, 0.1) is 19.3 Å². The van der Waals surface area contributed by atoms with Gasteiger partial charge in [0, 0.05) is 31.7 Å². The Kier molecular flexibility index (Phi) is 5.86. The maximum Gasteiger partial charge on any atom is 0.248 e. The number of amides is 1. The highest BCUT2D eigenvalue weighted by Gasteiger charge is 2.24. The minimum Gasteiger partial charge on any atom is -0.465 e. The van der Waals surface area contributed by atoms with Crippen LogP contribution in [-0.2, 0) is 11.3 Å². The first-order valence-corrected chi connectivity index (χ1v) is 8.61. The molecule has 2 aromatic rings. The Morgan fingerprint density at radius 1 is 1.28 bits per heavy atom. The highest BCUT2D eigenvalue weighted by molar-refractivity contribution is 5.92. The lowest BCUT2D eigenvalue weighted by Crippen LogP contribution is -2.42. The molecule has 0 radical (unpaired) electrons. The molecule has 1 unspecified atom stereocenters. The number of nitrogens with zero attached hydrogens (tertiary/aromatic N) is 1. The molecule has 3 rings (SSSR count). The molecule has 6 heteroatoms. The third-order valence-electron chi connectivity index (χ3n) is 4.45. The van der Waals surface area contributed by atoms with E-state index in [0.29, 0.717) is 12.1 Å². The fraction of sp³-hybridized carbons (Fsp3) is 0.421. The highest BCUT2D eigenvalue weighted by atomic mass is 16.5. The van der Waals surface area contributed by atoms with Crippen molar-refractivity contribution < 1.29 is 13.9 Å². The third-order valence-corrected chi connectivity index (χ3v) is 4.45. The molecular weight excluding hydrogens is 318 g/mol. The van der Waals surface area contributed by atoms with Gasteiger partial charge in [-0.1, -0.05) is 12.1 Å². The number of rotatable bonds is 7. The molecule has 6 nitrogen and oxygen atoms in total. The van der Waals surface area contributed by atoms with Crippen LogP contribution in [0.4, 0.5) is 0 Å². The van der Waals surface area contributed by atoms with E-state index < -0.39 is 5.91 Å². The summed E-state index contributed by atoms with van der Waals surface area (Å²) in [6, 6.07) is 11.6. The minimum atomic E-state index is -0.404. The number of morpholine rings is 1. The van der Waals surface area contributed by atoms with E-state index in [0.717, 1.165) is 49.9 Å². The summed E-state index contributed by atoms with van der Waals surface area (Å²) in [5.41, 5.74) is 6.91. The summed E-state index contributed by atoms with van der Waals surface area (Å²) in [6.45, 7) is 6.66. The van der Waals surface area contributed by atoms with E-state index in [4.69, 9.17) is 14.9 Å². The van der Waals surface area contributed by atoms with E-state index in [2.05, 4.69) is 10.2 Å². The van der Waals surface area contributed by atoms with Crippen LogP contribution >= 0.6 is 0 Å². The van der Waals surface area contributed by atoms with Gasteiger partial charge in [0.25, 0.3) is 0 Å². The second-order valence-electron chi connectivity index (χ2n) is 6.31. The van der Waals surface area contributed by atoms with Gasteiger partial charge in [-0.15, -0.1) is 0 Å². The van der Waals surface area contributed by atoms with Crippen LogP contribution in [0.3, 0.4) is 0 Å². The molecule has 1 aliphatic rings. The molecule has 1 aromatic carbocycles. The van der Waals surface area contributed by atoms with Crippen molar-refractivity contribution in [1.29, 1.82) is 0 Å². The van der Waals surface area contributed by atoms with E-state index >= 15 is 0 Å². The quantitative estimate of drug-likeness (QED) is 0.802. The van der Waals surface area contributed by atoms with Crippen molar-refractivity contribution in [2.24, 2.45) is 5.73 Å². The van der Waals surface area contributed by atoms with Gasteiger partial charge in [0.2, 0.25) is 5.91 Å². The molecule has 134 valence electrons. The number of hydrogen-bond donors (Lipinski definition) is 2. The van der Waals surface area contributed by atoms with Gasteiger partial charge in [-0.2, -0.15) is 0 Å². The van der Waals surface area contributed by atoms with Crippen LogP contribution in [0.25, 0.3) is 0 Å². The number of carbonyl (C=O) groups is 1. The smallest absolute Gasteiger partial charge is 0.248 e. The molecule has 0 saturated carbocycles. The van der Waals surface area contributed by atoms with Gasteiger partial charge >= 0.3 is 0 Å². The fourth-order valence-corrected chi connectivity index (χ4v) is 3.12. The topological polar surface area (TPSA) is 80.7 Å². The first-order valence-electron chi connectivity index (χ1n) is 8.61. The molecule has 0 bridgehead atoms. The Bertz CT molecular complexity index is 707. The molecule has 1 saturated heterocycles. The third kappa shape index (κ3) is 4.69. The Morgan fingerprint density at radius 3 is 2.76 bits per heavy atom. The van der Waals surface area contributed by atoms with Gasteiger partial charge in [-0.05, 0) is 36.8 Å². The second kappa shape index (κ2) is 8.29. The monoisotopic (exact) mass is 343 g/mol. The van der Waals surface area contributed by atoms with Crippen LogP contribution in [0, 0.1) is 6.92 Å². The minimum absolute atomic E-state index is 0.164. The first kappa shape index (κ1) is 17.7. The first-order chi connectivity index (χ1) is 12.1. The summed E-state index contributed by atoms with van der Waals surface area (Å²) in [7, 11) is 0. The number of nitrogens with two attached hydrogens (primary N) is 1. The molecule has 25 heavy (non-hydrogen) atoms. The summed E-state index contributed by atoms with van der Waals surface area (Å²) in [5, 5.41) is 3.48. The van der Waals surface area contributed by atoms with Crippen molar-refractivity contribution in [2.75, 3.05) is 32.8 Å². The molecule has 2 heterocycles. The average Bonchev–Trinajstić information content (AvgIpc) is 3.06. The Hall–Kier alpha value is -2.15. The maximum atomic E-state index is 11.3. The van der Waals surface area contributed by atoms with Crippen LogP contribution in [0.2, 0.25) is 0 Å². The zero-order valence-electron chi connectivity index (χ0n) is 14.5. The molecule has 0 spiro atoms. The summed E-state index contributed by atoms with van der Waals surface area (Å²) in [4.78, 5) is 13.7. The van der Waals surface area contributed by atoms with Crippen molar-refractivity contribution in [3.05, 3.63) is 59.0 Å². The fourth-order valence-electron chi connectivity index (χ4n) is 3.12. The van der Waals surface area contributed by atoms with Gasteiger partial charge in [-0.25, -0.2) is 0 Å². The lowest BCUT2D eigenvalue weighted by molar-refractivity contribution is 0.0115. The van der Waals surface area contributed by atoms with Gasteiger partial charge < -0.3 is 20.2 Å². The summed E-state index contributed by atoms with van der Waals surface area (Å²) in [5.74, 6) is 1.49. The van der Waals surface area contributed by atoms with Crippen LogP contribution in [0.5, 0.6) is 0 Å². The van der Waals surface area contributed by atoms with Crippen molar-refractivity contribution in [3.8, 4) is 0 Å². The molecule has 1 amide bonds. The molecule has 1 atom stereocenters. The number of ether oxygens (including phenoxy) is 1. The van der Waals surface area contributed by atoms with Crippen LogP contribution in [-0.4, -0.2) is 43.7 Å². The number of furan rings is 1. The van der Waals surface area contributed by atoms with Crippen molar-refractivity contribution in [2.45, 2.75) is 19.5 Å². The van der Waals surface area contributed by atoms with Gasteiger partial charge in [0.1, 0.15) is 11.5 Å². The Labute approximate surface area is 147 Å². The second-order valence-corrected chi connectivity index (χ2v) is 6.31. The summed E-state index contributed by atoms with van der Waals surface area (Å²) in [6.07, 6.45) is 0. The molecule has 3 N–H and O–H groups in total. The maximum absolute atomic E-state index is 11.3. The van der Waals surface area contributed by atoms with Crippen LogP contribution < -0.4 is 11.1 Å². The van der Waals surface area contributed by atoms with Crippen molar-refractivity contribution in [1.82, 2.24) is 10.2 Å². The van der Waals surface area contributed by atoms with E-state index in [-0.39, 0.29) is 6.04 Å². The number of primary amides is 1. The zero-order chi connectivity index (χ0) is 17.6.